The fourth-order valence-corrected chi connectivity index (χ4v) is 2.73. The first-order valence-electron chi connectivity index (χ1n) is 6.87. The molecule has 18 heavy (non-hydrogen) atoms. The normalized spacial score (nSPS) is 21.1. The number of anilines is 1. The van der Waals surface area contributed by atoms with Crippen LogP contribution in [0.4, 0.5) is 5.69 Å². The topological polar surface area (TPSA) is 32.3 Å². The van der Waals surface area contributed by atoms with Gasteiger partial charge in [0.05, 0.1) is 0 Å². The van der Waals surface area contributed by atoms with Crippen molar-refractivity contribution in [3.63, 3.8) is 0 Å². The molecule has 1 unspecified atom stereocenters. The Hall–Kier alpha value is -1.35. The minimum Gasteiger partial charge on any atom is -0.311 e. The zero-order chi connectivity index (χ0) is 12.5. The Balaban J connectivity index is 1.88. The Labute approximate surface area is 108 Å². The van der Waals surface area contributed by atoms with Crippen molar-refractivity contribution in [1.82, 2.24) is 5.32 Å². The van der Waals surface area contributed by atoms with E-state index in [0.29, 0.717) is 11.8 Å². The maximum atomic E-state index is 12.6. The molecule has 3 heteroatoms. The molecule has 1 aliphatic heterocycles. The summed E-state index contributed by atoms with van der Waals surface area (Å²) in [4.78, 5) is 14.6. The number of hydrogen-bond donors (Lipinski definition) is 1. The second-order valence-corrected chi connectivity index (χ2v) is 5.42. The second-order valence-electron chi connectivity index (χ2n) is 5.42. The number of fused-ring (bicyclic) bond motifs is 1. The van der Waals surface area contributed by atoms with Crippen LogP contribution < -0.4 is 10.2 Å². The zero-order valence-electron chi connectivity index (χ0n) is 10.9. The van der Waals surface area contributed by atoms with Crippen LogP contribution in [-0.4, -0.2) is 19.0 Å². The molecule has 0 aromatic heterocycles. The van der Waals surface area contributed by atoms with Gasteiger partial charge in [-0.15, -0.1) is 0 Å². The predicted octanol–water partition coefficient (Wildman–Crippen LogP) is 2.17. The number of amides is 1. The van der Waals surface area contributed by atoms with E-state index in [1.165, 1.54) is 18.4 Å². The molecule has 1 aromatic carbocycles. The lowest BCUT2D eigenvalue weighted by Crippen LogP contribution is -2.38. The molecule has 0 bridgehead atoms. The van der Waals surface area contributed by atoms with Crippen molar-refractivity contribution in [2.24, 2.45) is 11.8 Å². The van der Waals surface area contributed by atoms with Crippen LogP contribution in [0.2, 0.25) is 0 Å². The van der Waals surface area contributed by atoms with Crippen molar-refractivity contribution in [2.45, 2.75) is 26.3 Å². The summed E-state index contributed by atoms with van der Waals surface area (Å²) in [6.07, 6.45) is 2.45. The summed E-state index contributed by atoms with van der Waals surface area (Å²) in [5.41, 5.74) is 2.33. The zero-order valence-corrected chi connectivity index (χ0v) is 10.9. The minimum atomic E-state index is 0.177. The van der Waals surface area contributed by atoms with Gasteiger partial charge in [0.2, 0.25) is 5.91 Å². The molecule has 1 fully saturated rings. The maximum absolute atomic E-state index is 12.6. The Morgan fingerprint density at radius 3 is 2.94 bits per heavy atom. The Morgan fingerprint density at radius 2 is 2.17 bits per heavy atom. The van der Waals surface area contributed by atoms with Crippen molar-refractivity contribution in [3.05, 3.63) is 29.8 Å². The van der Waals surface area contributed by atoms with Crippen molar-refractivity contribution in [2.75, 3.05) is 18.0 Å². The average Bonchev–Trinajstić information content (AvgIpc) is 3.23. The molecular weight excluding hydrogens is 224 g/mol. The van der Waals surface area contributed by atoms with Gasteiger partial charge in [0.15, 0.2) is 0 Å². The maximum Gasteiger partial charge on any atom is 0.230 e. The SMILES string of the molecule is CC(C(=O)N1CCNCc2ccccc21)C1CC1. The third-order valence-electron chi connectivity index (χ3n) is 4.09. The van der Waals surface area contributed by atoms with Gasteiger partial charge in [0, 0.05) is 31.2 Å². The van der Waals surface area contributed by atoms with E-state index < -0.39 is 0 Å². The van der Waals surface area contributed by atoms with Crippen LogP contribution in [0.1, 0.15) is 25.3 Å². The van der Waals surface area contributed by atoms with E-state index >= 15 is 0 Å². The van der Waals surface area contributed by atoms with Gasteiger partial charge in [-0.25, -0.2) is 0 Å². The lowest BCUT2D eigenvalue weighted by Gasteiger charge is -2.25. The second kappa shape index (κ2) is 4.73. The molecule has 0 radical (unpaired) electrons. The summed E-state index contributed by atoms with van der Waals surface area (Å²) >= 11 is 0. The van der Waals surface area contributed by atoms with E-state index in [1.807, 2.05) is 17.0 Å². The molecule has 1 amide bonds. The molecule has 1 aromatic rings. The van der Waals surface area contributed by atoms with E-state index in [0.717, 1.165) is 25.3 Å². The molecule has 1 atom stereocenters. The van der Waals surface area contributed by atoms with Gasteiger partial charge >= 0.3 is 0 Å². The van der Waals surface area contributed by atoms with Gasteiger partial charge in [-0.1, -0.05) is 25.1 Å². The number of nitrogens with zero attached hydrogens (tertiary/aromatic N) is 1. The highest BCUT2D eigenvalue weighted by atomic mass is 16.2. The smallest absolute Gasteiger partial charge is 0.230 e. The summed E-state index contributed by atoms with van der Waals surface area (Å²) in [5.74, 6) is 1.10. The average molecular weight is 244 g/mol. The third kappa shape index (κ3) is 2.15. The van der Waals surface area contributed by atoms with Crippen LogP contribution in [0.25, 0.3) is 0 Å². The van der Waals surface area contributed by atoms with Crippen molar-refractivity contribution in [3.8, 4) is 0 Å². The fraction of sp³-hybridized carbons (Fsp3) is 0.533. The van der Waals surface area contributed by atoms with Crippen LogP contribution in [0.3, 0.4) is 0 Å². The molecule has 3 nitrogen and oxygen atoms in total. The number of carbonyl (C=O) groups is 1. The van der Waals surface area contributed by atoms with Gasteiger partial charge in [0.1, 0.15) is 0 Å². The Kier molecular flexibility index (Phi) is 3.08. The molecule has 1 saturated carbocycles. The molecular formula is C15H20N2O. The lowest BCUT2D eigenvalue weighted by molar-refractivity contribution is -0.122. The number of hydrogen-bond acceptors (Lipinski definition) is 2. The minimum absolute atomic E-state index is 0.177. The number of benzene rings is 1. The lowest BCUT2D eigenvalue weighted by atomic mass is 10.0. The monoisotopic (exact) mass is 244 g/mol. The van der Waals surface area contributed by atoms with Crippen LogP contribution in [0, 0.1) is 11.8 Å². The summed E-state index contributed by atoms with van der Waals surface area (Å²) < 4.78 is 0. The summed E-state index contributed by atoms with van der Waals surface area (Å²) in [7, 11) is 0. The summed E-state index contributed by atoms with van der Waals surface area (Å²) in [5, 5.41) is 3.38. The van der Waals surface area contributed by atoms with Crippen LogP contribution in [-0.2, 0) is 11.3 Å². The van der Waals surface area contributed by atoms with Crippen molar-refractivity contribution in [1.29, 1.82) is 0 Å². The van der Waals surface area contributed by atoms with E-state index in [4.69, 9.17) is 0 Å². The molecule has 2 aliphatic rings. The first-order valence-corrected chi connectivity index (χ1v) is 6.87. The quantitative estimate of drug-likeness (QED) is 0.864. The highest BCUT2D eigenvalue weighted by Gasteiger charge is 2.35. The van der Waals surface area contributed by atoms with Gasteiger partial charge < -0.3 is 10.2 Å². The fourth-order valence-electron chi connectivity index (χ4n) is 2.73. The highest BCUT2D eigenvalue weighted by Crippen LogP contribution is 2.38. The summed E-state index contributed by atoms with van der Waals surface area (Å²) in [6, 6.07) is 8.24. The number of nitrogens with one attached hydrogen (secondary N) is 1. The molecule has 1 aliphatic carbocycles. The molecule has 1 N–H and O–H groups in total. The molecule has 3 rings (SSSR count). The number of para-hydroxylation sites is 1. The number of carbonyl (C=O) groups excluding carboxylic acids is 1. The largest absolute Gasteiger partial charge is 0.311 e. The van der Waals surface area contributed by atoms with Gasteiger partial charge in [0.25, 0.3) is 0 Å². The van der Waals surface area contributed by atoms with Crippen molar-refractivity contribution < 1.29 is 4.79 Å². The summed E-state index contributed by atoms with van der Waals surface area (Å²) in [6.45, 7) is 4.60. The highest BCUT2D eigenvalue weighted by molar-refractivity contribution is 5.96. The molecule has 1 heterocycles. The Morgan fingerprint density at radius 1 is 1.39 bits per heavy atom. The molecule has 0 spiro atoms. The van der Waals surface area contributed by atoms with Gasteiger partial charge in [-0.3, -0.25) is 4.79 Å². The van der Waals surface area contributed by atoms with Crippen LogP contribution >= 0.6 is 0 Å². The third-order valence-corrected chi connectivity index (χ3v) is 4.09. The first-order chi connectivity index (χ1) is 8.77. The van der Waals surface area contributed by atoms with Gasteiger partial charge in [-0.05, 0) is 30.4 Å². The van der Waals surface area contributed by atoms with E-state index in [2.05, 4.69) is 24.4 Å². The van der Waals surface area contributed by atoms with E-state index in [-0.39, 0.29) is 5.92 Å². The Bertz CT molecular complexity index is 454. The van der Waals surface area contributed by atoms with E-state index in [1.54, 1.807) is 0 Å². The van der Waals surface area contributed by atoms with E-state index in [9.17, 15) is 4.79 Å². The van der Waals surface area contributed by atoms with Crippen LogP contribution in [0.5, 0.6) is 0 Å². The van der Waals surface area contributed by atoms with Crippen LogP contribution in [0.15, 0.2) is 24.3 Å². The van der Waals surface area contributed by atoms with Crippen molar-refractivity contribution >= 4 is 11.6 Å². The first kappa shape index (κ1) is 11.7. The predicted molar refractivity (Wildman–Crippen MR) is 72.4 cm³/mol. The van der Waals surface area contributed by atoms with Gasteiger partial charge in [-0.2, -0.15) is 0 Å². The molecule has 96 valence electrons. The standard InChI is InChI=1S/C15H20N2O/c1-11(12-6-7-12)15(18)17-9-8-16-10-13-4-2-3-5-14(13)17/h2-5,11-12,16H,6-10H2,1H3. The number of rotatable bonds is 2. The molecule has 0 saturated heterocycles.